The summed E-state index contributed by atoms with van der Waals surface area (Å²) in [6, 6.07) is 13.0. The molecule has 120 valence electrons. The first-order chi connectivity index (χ1) is 9.97. The summed E-state index contributed by atoms with van der Waals surface area (Å²) in [7, 11) is 3.13. The molecular weight excluding hydrogens is 280 g/mol. The van der Waals surface area contributed by atoms with Gasteiger partial charge < -0.3 is 14.6 Å². The van der Waals surface area contributed by atoms with Gasteiger partial charge in [-0.3, -0.25) is 0 Å². The minimum absolute atomic E-state index is 0. The van der Waals surface area contributed by atoms with E-state index in [0.717, 1.165) is 11.3 Å². The molecule has 0 aliphatic carbocycles. The van der Waals surface area contributed by atoms with E-state index in [1.807, 2.05) is 37.3 Å². The van der Waals surface area contributed by atoms with E-state index < -0.39 is 5.97 Å². The van der Waals surface area contributed by atoms with Gasteiger partial charge in [-0.15, -0.1) is 0 Å². The van der Waals surface area contributed by atoms with Gasteiger partial charge in [0.2, 0.25) is 0 Å². The van der Waals surface area contributed by atoms with Crippen LogP contribution in [0.1, 0.15) is 28.9 Å². The molecule has 0 saturated carbocycles. The molecule has 22 heavy (non-hydrogen) atoms. The van der Waals surface area contributed by atoms with Crippen LogP contribution in [0.5, 0.6) is 11.5 Å². The van der Waals surface area contributed by atoms with Gasteiger partial charge >= 0.3 is 5.97 Å². The molecular formula is C18H24O4. The maximum Gasteiger partial charge on any atom is 0.339 e. The van der Waals surface area contributed by atoms with Crippen LogP contribution in [0.3, 0.4) is 0 Å². The molecule has 0 atom stereocenters. The topological polar surface area (TPSA) is 55.8 Å². The Balaban J connectivity index is 0.000000397. The second kappa shape index (κ2) is 9.45. The monoisotopic (exact) mass is 304 g/mol. The molecule has 0 bridgehead atoms. The number of hydrogen-bond donors (Lipinski definition) is 1. The van der Waals surface area contributed by atoms with Crippen LogP contribution in [0.4, 0.5) is 0 Å². The Hall–Kier alpha value is -2.49. The van der Waals surface area contributed by atoms with E-state index in [1.54, 1.807) is 19.2 Å². The normalized spacial score (nSPS) is 8.91. The third-order valence-corrected chi connectivity index (χ3v) is 2.84. The Morgan fingerprint density at radius 2 is 1.45 bits per heavy atom. The number of ether oxygens (including phenoxy) is 2. The molecule has 2 rings (SSSR count). The van der Waals surface area contributed by atoms with Crippen LogP contribution < -0.4 is 9.47 Å². The summed E-state index contributed by atoms with van der Waals surface area (Å²) in [6.45, 7) is 3.89. The van der Waals surface area contributed by atoms with Gasteiger partial charge in [0.1, 0.15) is 17.1 Å². The molecule has 4 heteroatoms. The number of carbonyl (C=O) groups is 1. The molecule has 0 radical (unpaired) electrons. The first-order valence-electron chi connectivity index (χ1n) is 6.46. The first kappa shape index (κ1) is 19.5. The first-order valence-corrected chi connectivity index (χ1v) is 6.46. The van der Waals surface area contributed by atoms with Gasteiger partial charge in [-0.2, -0.15) is 0 Å². The van der Waals surface area contributed by atoms with Crippen LogP contribution in [0.15, 0.2) is 42.5 Å². The highest BCUT2D eigenvalue weighted by Gasteiger charge is 2.09. The summed E-state index contributed by atoms with van der Waals surface area (Å²) in [4.78, 5) is 10.7. The smallest absolute Gasteiger partial charge is 0.339 e. The molecule has 0 fully saturated rings. The molecule has 0 heterocycles. The van der Waals surface area contributed by atoms with E-state index in [1.165, 1.54) is 12.7 Å². The zero-order valence-corrected chi connectivity index (χ0v) is 12.7. The summed E-state index contributed by atoms with van der Waals surface area (Å²) < 4.78 is 9.85. The maximum absolute atomic E-state index is 10.7. The van der Waals surface area contributed by atoms with E-state index in [4.69, 9.17) is 14.6 Å². The molecule has 1 N–H and O–H groups in total. The summed E-state index contributed by atoms with van der Waals surface area (Å²) >= 11 is 0. The molecule has 0 amide bonds. The number of aromatic carboxylic acids is 1. The molecule has 0 unspecified atom stereocenters. The van der Waals surface area contributed by atoms with E-state index in [2.05, 4.69) is 6.92 Å². The molecule has 4 nitrogen and oxygen atoms in total. The van der Waals surface area contributed by atoms with Crippen molar-refractivity contribution in [1.82, 2.24) is 0 Å². The van der Waals surface area contributed by atoms with Crippen molar-refractivity contribution in [2.45, 2.75) is 21.3 Å². The second-order valence-electron chi connectivity index (χ2n) is 4.53. The van der Waals surface area contributed by atoms with E-state index in [9.17, 15) is 4.79 Å². The molecule has 0 spiro atoms. The van der Waals surface area contributed by atoms with Crippen molar-refractivity contribution >= 4 is 5.97 Å². The minimum atomic E-state index is -0.962. The lowest BCUT2D eigenvalue weighted by atomic mass is 10.1. The van der Waals surface area contributed by atoms with Crippen molar-refractivity contribution in [2.24, 2.45) is 0 Å². The van der Waals surface area contributed by atoms with Gasteiger partial charge in [-0.1, -0.05) is 36.8 Å². The highest BCUT2D eigenvalue weighted by molar-refractivity contribution is 5.91. The van der Waals surface area contributed by atoms with Gasteiger partial charge in [-0.25, -0.2) is 4.79 Å². The number of aryl methyl sites for hydroxylation is 2. The second-order valence-corrected chi connectivity index (χ2v) is 4.53. The minimum Gasteiger partial charge on any atom is -0.497 e. The highest BCUT2D eigenvalue weighted by atomic mass is 16.5. The maximum atomic E-state index is 10.7. The highest BCUT2D eigenvalue weighted by Crippen LogP contribution is 2.19. The van der Waals surface area contributed by atoms with Crippen LogP contribution in [0.25, 0.3) is 0 Å². The van der Waals surface area contributed by atoms with Crippen LogP contribution in [-0.4, -0.2) is 25.3 Å². The molecule has 0 aromatic heterocycles. The van der Waals surface area contributed by atoms with E-state index in [0.29, 0.717) is 5.75 Å². The summed E-state index contributed by atoms with van der Waals surface area (Å²) in [6.07, 6.45) is 0. The van der Waals surface area contributed by atoms with Gasteiger partial charge in [0, 0.05) is 0 Å². The van der Waals surface area contributed by atoms with Crippen molar-refractivity contribution in [3.05, 3.63) is 59.2 Å². The molecule has 2 aromatic carbocycles. The Kier molecular flexibility index (Phi) is 8.38. The van der Waals surface area contributed by atoms with Crippen molar-refractivity contribution in [2.75, 3.05) is 14.2 Å². The fourth-order valence-electron chi connectivity index (χ4n) is 1.66. The van der Waals surface area contributed by atoms with E-state index >= 15 is 0 Å². The van der Waals surface area contributed by atoms with Crippen molar-refractivity contribution in [3.63, 3.8) is 0 Å². The van der Waals surface area contributed by atoms with Gasteiger partial charge in [0.15, 0.2) is 0 Å². The summed E-state index contributed by atoms with van der Waals surface area (Å²) in [5, 5.41) is 8.74. The number of benzene rings is 2. The fraction of sp³-hybridized carbons (Fsp3) is 0.278. The molecule has 0 aliphatic heterocycles. The Bertz CT molecular complexity index is 589. The average molecular weight is 304 g/mol. The average Bonchev–Trinajstić information content (AvgIpc) is 2.48. The van der Waals surface area contributed by atoms with Gasteiger partial charge in [0.05, 0.1) is 14.2 Å². The molecule has 0 aliphatic rings. The number of methoxy groups -OCH3 is 2. The SMILES string of the molecule is C.COc1ccc(C)cc1.COc1ccc(C)cc1C(=O)O. The van der Waals surface area contributed by atoms with Crippen LogP contribution in [0.2, 0.25) is 0 Å². The third kappa shape index (κ3) is 5.87. The van der Waals surface area contributed by atoms with Crippen LogP contribution >= 0.6 is 0 Å². The fourth-order valence-corrected chi connectivity index (χ4v) is 1.66. The van der Waals surface area contributed by atoms with E-state index in [-0.39, 0.29) is 13.0 Å². The van der Waals surface area contributed by atoms with Gasteiger partial charge in [-0.05, 0) is 38.1 Å². The summed E-state index contributed by atoms with van der Waals surface area (Å²) in [5.74, 6) is 0.351. The standard InChI is InChI=1S/C9H10O3.C8H10O.CH4/c1-6-3-4-8(12-2)7(5-6)9(10)11;1-7-3-5-8(9-2)6-4-7;/h3-5H,1-2H3,(H,10,11);3-6H,1-2H3;1H4. The predicted octanol–water partition coefficient (Wildman–Crippen LogP) is 4.34. The number of hydrogen-bond acceptors (Lipinski definition) is 3. The zero-order valence-electron chi connectivity index (χ0n) is 12.7. The van der Waals surface area contributed by atoms with Crippen LogP contribution in [0, 0.1) is 13.8 Å². The number of carboxylic acid groups (broad SMARTS) is 1. The van der Waals surface area contributed by atoms with Crippen molar-refractivity contribution in [3.8, 4) is 11.5 Å². The number of carboxylic acids is 1. The quantitative estimate of drug-likeness (QED) is 0.916. The third-order valence-electron chi connectivity index (χ3n) is 2.84. The lowest BCUT2D eigenvalue weighted by Gasteiger charge is -2.04. The zero-order chi connectivity index (χ0) is 15.8. The van der Waals surface area contributed by atoms with Crippen molar-refractivity contribution in [1.29, 1.82) is 0 Å². The Morgan fingerprint density at radius 3 is 1.91 bits per heavy atom. The predicted molar refractivity (Wildman–Crippen MR) is 89.2 cm³/mol. The lowest BCUT2D eigenvalue weighted by molar-refractivity contribution is 0.0693. The Labute approximate surface area is 132 Å². The molecule has 0 saturated heterocycles. The van der Waals surface area contributed by atoms with Crippen molar-refractivity contribution < 1.29 is 19.4 Å². The van der Waals surface area contributed by atoms with Crippen LogP contribution in [-0.2, 0) is 0 Å². The largest absolute Gasteiger partial charge is 0.497 e. The molecule has 2 aromatic rings. The summed E-state index contributed by atoms with van der Waals surface area (Å²) in [5.41, 5.74) is 2.38. The van der Waals surface area contributed by atoms with Gasteiger partial charge in [0.25, 0.3) is 0 Å². The Morgan fingerprint density at radius 1 is 0.909 bits per heavy atom. The lowest BCUT2D eigenvalue weighted by Crippen LogP contribution is -2.00. The number of rotatable bonds is 3.